The fourth-order valence-electron chi connectivity index (χ4n) is 3.89. The number of thiazole rings is 1. The summed E-state index contributed by atoms with van der Waals surface area (Å²) in [6, 6.07) is 11.3. The molecule has 0 saturated carbocycles. The van der Waals surface area contributed by atoms with Crippen LogP contribution in [0.4, 0.5) is 5.13 Å². The molecule has 33 heavy (non-hydrogen) atoms. The van der Waals surface area contributed by atoms with Crippen molar-refractivity contribution in [1.82, 2.24) is 15.2 Å². The van der Waals surface area contributed by atoms with Crippen LogP contribution in [0, 0.1) is 0 Å². The summed E-state index contributed by atoms with van der Waals surface area (Å²) in [6.45, 7) is 7.70. The van der Waals surface area contributed by atoms with Crippen LogP contribution in [0.3, 0.4) is 0 Å². The first kappa shape index (κ1) is 23.1. The van der Waals surface area contributed by atoms with E-state index in [2.05, 4.69) is 21.2 Å². The Morgan fingerprint density at radius 2 is 1.85 bits per heavy atom. The van der Waals surface area contributed by atoms with Gasteiger partial charge in [0.15, 0.2) is 16.6 Å². The van der Waals surface area contributed by atoms with Crippen LogP contribution in [0.25, 0.3) is 10.2 Å². The Morgan fingerprint density at radius 3 is 2.58 bits per heavy atom. The number of benzene rings is 2. The van der Waals surface area contributed by atoms with Crippen LogP contribution in [0.5, 0.6) is 17.2 Å². The number of fused-ring (bicyclic) bond motifs is 1. The molecule has 0 radical (unpaired) electrons. The minimum atomic E-state index is -0.117. The predicted octanol–water partition coefficient (Wildman–Crippen LogP) is 3.26. The van der Waals surface area contributed by atoms with E-state index in [9.17, 15) is 4.79 Å². The van der Waals surface area contributed by atoms with Crippen LogP contribution in [0.2, 0.25) is 0 Å². The van der Waals surface area contributed by atoms with Crippen molar-refractivity contribution < 1.29 is 19.0 Å². The molecule has 176 valence electrons. The van der Waals surface area contributed by atoms with Crippen molar-refractivity contribution in [2.45, 2.75) is 6.92 Å². The number of hydrogen-bond acceptors (Lipinski definition) is 8. The van der Waals surface area contributed by atoms with Crippen LogP contribution in [0.1, 0.15) is 17.3 Å². The third kappa shape index (κ3) is 5.31. The average Bonchev–Trinajstić information content (AvgIpc) is 3.29. The number of nitrogens with zero attached hydrogens (tertiary/aromatic N) is 3. The van der Waals surface area contributed by atoms with Gasteiger partial charge in [0.05, 0.1) is 25.5 Å². The standard InChI is InChI=1S/C24H30N4O4S/c1-4-32-19-6-5-7-21-22(19)26-24(33-21)28-14-12-27(13-15-28)11-10-25-23(29)17-8-9-18(30-2)20(16-17)31-3/h5-9,16H,4,10-15H2,1-3H3,(H,25,29). The molecule has 4 rings (SSSR count). The molecule has 3 aromatic rings. The Kier molecular flexibility index (Phi) is 7.51. The number of anilines is 1. The molecule has 8 nitrogen and oxygen atoms in total. The first-order valence-corrected chi connectivity index (χ1v) is 11.9. The number of rotatable bonds is 9. The summed E-state index contributed by atoms with van der Waals surface area (Å²) in [7, 11) is 3.14. The lowest BCUT2D eigenvalue weighted by molar-refractivity contribution is 0.0947. The number of nitrogens with one attached hydrogen (secondary N) is 1. The molecule has 1 fully saturated rings. The average molecular weight is 471 g/mol. The number of hydrogen-bond donors (Lipinski definition) is 1. The lowest BCUT2D eigenvalue weighted by Crippen LogP contribution is -2.48. The minimum Gasteiger partial charge on any atom is -0.493 e. The first-order valence-electron chi connectivity index (χ1n) is 11.1. The van der Waals surface area contributed by atoms with Crippen LogP contribution in [-0.4, -0.2) is 75.9 Å². The maximum Gasteiger partial charge on any atom is 0.251 e. The maximum atomic E-state index is 12.5. The van der Waals surface area contributed by atoms with Crippen LogP contribution in [0.15, 0.2) is 36.4 Å². The number of methoxy groups -OCH3 is 2. The second-order valence-electron chi connectivity index (χ2n) is 7.69. The van der Waals surface area contributed by atoms with Gasteiger partial charge in [-0.05, 0) is 37.3 Å². The highest BCUT2D eigenvalue weighted by molar-refractivity contribution is 7.22. The Morgan fingerprint density at radius 1 is 1.06 bits per heavy atom. The van der Waals surface area contributed by atoms with Gasteiger partial charge in [0.25, 0.3) is 5.91 Å². The van der Waals surface area contributed by atoms with Crippen molar-refractivity contribution in [2.24, 2.45) is 0 Å². The van der Waals surface area contributed by atoms with Crippen LogP contribution in [-0.2, 0) is 0 Å². The SMILES string of the molecule is CCOc1cccc2sc(N3CCN(CCNC(=O)c4ccc(OC)c(OC)c4)CC3)nc12. The second kappa shape index (κ2) is 10.7. The summed E-state index contributed by atoms with van der Waals surface area (Å²) in [4.78, 5) is 22.0. The topological polar surface area (TPSA) is 76.2 Å². The molecule has 0 unspecified atom stereocenters. The number of carbonyl (C=O) groups excluding carboxylic acids is 1. The zero-order valence-corrected chi connectivity index (χ0v) is 20.1. The Labute approximate surface area is 198 Å². The monoisotopic (exact) mass is 470 g/mol. The van der Waals surface area contributed by atoms with Gasteiger partial charge in [-0.1, -0.05) is 17.4 Å². The molecule has 0 spiro atoms. The molecule has 0 aliphatic carbocycles. The highest BCUT2D eigenvalue weighted by atomic mass is 32.1. The highest BCUT2D eigenvalue weighted by Crippen LogP contribution is 2.34. The molecule has 1 saturated heterocycles. The number of amides is 1. The van der Waals surface area contributed by atoms with E-state index in [4.69, 9.17) is 19.2 Å². The van der Waals surface area contributed by atoms with Gasteiger partial charge in [0.2, 0.25) is 0 Å². The van der Waals surface area contributed by atoms with Gasteiger partial charge in [0.1, 0.15) is 11.3 Å². The lowest BCUT2D eigenvalue weighted by Gasteiger charge is -2.34. The molecular weight excluding hydrogens is 440 g/mol. The third-order valence-electron chi connectivity index (χ3n) is 5.67. The summed E-state index contributed by atoms with van der Waals surface area (Å²) in [6.07, 6.45) is 0. The molecule has 1 aromatic heterocycles. The fourth-order valence-corrected chi connectivity index (χ4v) is 4.92. The summed E-state index contributed by atoms with van der Waals surface area (Å²) >= 11 is 1.71. The van der Waals surface area contributed by atoms with E-state index >= 15 is 0 Å². The largest absolute Gasteiger partial charge is 0.493 e. The summed E-state index contributed by atoms with van der Waals surface area (Å²) in [5, 5.41) is 4.04. The van der Waals surface area contributed by atoms with E-state index in [0.29, 0.717) is 30.2 Å². The van der Waals surface area contributed by atoms with Crippen molar-refractivity contribution in [1.29, 1.82) is 0 Å². The minimum absolute atomic E-state index is 0.117. The Hall–Kier alpha value is -3.04. The van der Waals surface area contributed by atoms with Crippen molar-refractivity contribution in [3.8, 4) is 17.2 Å². The van der Waals surface area contributed by atoms with E-state index in [1.54, 1.807) is 43.8 Å². The Bertz CT molecular complexity index is 1100. The van der Waals surface area contributed by atoms with Gasteiger partial charge in [-0.2, -0.15) is 0 Å². The first-order chi connectivity index (χ1) is 16.1. The van der Waals surface area contributed by atoms with Crippen molar-refractivity contribution >= 4 is 32.6 Å². The molecule has 2 heterocycles. The van der Waals surface area contributed by atoms with Gasteiger partial charge in [-0.3, -0.25) is 9.69 Å². The normalized spacial score (nSPS) is 14.3. The van der Waals surface area contributed by atoms with Gasteiger partial charge in [-0.15, -0.1) is 0 Å². The van der Waals surface area contributed by atoms with E-state index in [1.165, 1.54) is 0 Å². The molecule has 1 aliphatic rings. The second-order valence-corrected chi connectivity index (χ2v) is 8.70. The van der Waals surface area contributed by atoms with Crippen molar-refractivity contribution in [2.75, 3.05) is 65.0 Å². The van der Waals surface area contributed by atoms with Gasteiger partial charge in [0, 0.05) is 44.8 Å². The van der Waals surface area contributed by atoms with Gasteiger partial charge in [-0.25, -0.2) is 4.98 Å². The molecular formula is C24H30N4O4S. The number of para-hydroxylation sites is 1. The zero-order chi connectivity index (χ0) is 23.2. The number of ether oxygens (including phenoxy) is 3. The quantitative estimate of drug-likeness (QED) is 0.514. The summed E-state index contributed by atoms with van der Waals surface area (Å²) < 4.78 is 17.4. The molecule has 1 N–H and O–H groups in total. The number of carbonyl (C=O) groups is 1. The van der Waals surface area contributed by atoms with E-state index < -0.39 is 0 Å². The van der Waals surface area contributed by atoms with Crippen molar-refractivity contribution in [3.63, 3.8) is 0 Å². The molecule has 0 atom stereocenters. The molecule has 1 aliphatic heterocycles. The van der Waals surface area contributed by atoms with Crippen LogP contribution < -0.4 is 24.4 Å². The van der Waals surface area contributed by atoms with Gasteiger partial charge >= 0.3 is 0 Å². The maximum absolute atomic E-state index is 12.5. The molecule has 9 heteroatoms. The van der Waals surface area contributed by atoms with Crippen molar-refractivity contribution in [3.05, 3.63) is 42.0 Å². The predicted molar refractivity (Wildman–Crippen MR) is 131 cm³/mol. The smallest absolute Gasteiger partial charge is 0.251 e. The third-order valence-corrected chi connectivity index (χ3v) is 6.75. The van der Waals surface area contributed by atoms with E-state index in [-0.39, 0.29) is 5.91 Å². The zero-order valence-electron chi connectivity index (χ0n) is 19.3. The van der Waals surface area contributed by atoms with E-state index in [0.717, 1.165) is 53.8 Å². The van der Waals surface area contributed by atoms with Crippen LogP contribution >= 0.6 is 11.3 Å². The lowest BCUT2D eigenvalue weighted by atomic mass is 10.2. The molecule has 1 amide bonds. The molecule has 0 bridgehead atoms. The summed E-state index contributed by atoms with van der Waals surface area (Å²) in [5.74, 6) is 1.88. The number of aromatic nitrogens is 1. The van der Waals surface area contributed by atoms with E-state index in [1.807, 2.05) is 19.1 Å². The number of piperazine rings is 1. The molecule has 2 aromatic carbocycles. The Balaban J connectivity index is 1.26. The van der Waals surface area contributed by atoms with Gasteiger partial charge < -0.3 is 24.4 Å². The summed E-state index contributed by atoms with van der Waals surface area (Å²) in [5.41, 5.74) is 1.50. The highest BCUT2D eigenvalue weighted by Gasteiger charge is 2.21. The fraction of sp³-hybridized carbons (Fsp3) is 0.417.